The third-order valence-electron chi connectivity index (χ3n) is 3.74. The molecule has 0 atom stereocenters. The van der Waals surface area contributed by atoms with Crippen molar-refractivity contribution in [3.05, 3.63) is 69.4 Å². The molecule has 1 N–H and O–H groups in total. The molecular weight excluding hydrogens is 341 g/mol. The van der Waals surface area contributed by atoms with E-state index in [1.807, 2.05) is 18.4 Å². The first-order chi connectivity index (χ1) is 12.0. The molecule has 0 aliphatic rings. The molecule has 0 unspecified atom stereocenters. The molecule has 0 fully saturated rings. The fourth-order valence-corrected chi connectivity index (χ4v) is 3.27. The summed E-state index contributed by atoms with van der Waals surface area (Å²) >= 11 is 1.63. The summed E-state index contributed by atoms with van der Waals surface area (Å²) in [5.41, 5.74) is 2.15. The van der Waals surface area contributed by atoms with Crippen molar-refractivity contribution < 1.29 is 13.9 Å². The normalized spacial score (nSPS) is 10.7. The third-order valence-corrected chi connectivity index (χ3v) is 4.74. The molecule has 0 spiro atoms. The van der Waals surface area contributed by atoms with E-state index in [-0.39, 0.29) is 18.3 Å². The van der Waals surface area contributed by atoms with E-state index in [1.54, 1.807) is 41.5 Å². The van der Waals surface area contributed by atoms with E-state index in [0.29, 0.717) is 23.7 Å². The van der Waals surface area contributed by atoms with Crippen LogP contribution in [0, 0.1) is 12.7 Å². The summed E-state index contributed by atoms with van der Waals surface area (Å²) in [6.07, 6.45) is 0. The standard InChI is InChI=1S/C18H18FN3O2S/c1-12-6-7-25-17(12)10-22(2)18(23)16-9-14(20-21-16)11-24-15-5-3-4-13(19)8-15/h3-9H,10-11H2,1-2H3,(H,20,21). The third kappa shape index (κ3) is 4.24. The van der Waals surface area contributed by atoms with Gasteiger partial charge < -0.3 is 9.64 Å². The van der Waals surface area contributed by atoms with Gasteiger partial charge >= 0.3 is 0 Å². The van der Waals surface area contributed by atoms with Crippen LogP contribution in [0.5, 0.6) is 5.75 Å². The van der Waals surface area contributed by atoms with Crippen LogP contribution in [0.1, 0.15) is 26.6 Å². The van der Waals surface area contributed by atoms with E-state index in [0.717, 1.165) is 4.88 Å². The van der Waals surface area contributed by atoms with Crippen LogP contribution in [-0.2, 0) is 13.2 Å². The fourth-order valence-electron chi connectivity index (χ4n) is 2.31. The second-order valence-electron chi connectivity index (χ2n) is 5.71. The van der Waals surface area contributed by atoms with Gasteiger partial charge in [-0.15, -0.1) is 11.3 Å². The van der Waals surface area contributed by atoms with Crippen LogP contribution < -0.4 is 4.74 Å². The number of amides is 1. The van der Waals surface area contributed by atoms with Crippen LogP contribution in [0.3, 0.4) is 0 Å². The number of aromatic amines is 1. The average Bonchev–Trinajstić information content (AvgIpc) is 3.22. The summed E-state index contributed by atoms with van der Waals surface area (Å²) < 4.78 is 18.6. The number of carbonyl (C=O) groups excluding carboxylic acids is 1. The molecule has 2 aromatic heterocycles. The van der Waals surface area contributed by atoms with Crippen molar-refractivity contribution in [1.29, 1.82) is 0 Å². The van der Waals surface area contributed by atoms with Gasteiger partial charge in [-0.3, -0.25) is 9.89 Å². The van der Waals surface area contributed by atoms with Crippen molar-refractivity contribution in [3.63, 3.8) is 0 Å². The number of hydrogen-bond donors (Lipinski definition) is 1. The number of hydrogen-bond acceptors (Lipinski definition) is 4. The summed E-state index contributed by atoms with van der Waals surface area (Å²) in [5, 5.41) is 8.85. The number of halogens is 1. The van der Waals surface area contributed by atoms with Gasteiger partial charge in [-0.05, 0) is 42.1 Å². The SMILES string of the molecule is Cc1ccsc1CN(C)C(=O)c1cc(COc2cccc(F)c2)[nH]n1. The number of carbonyl (C=O) groups is 1. The molecule has 3 aromatic rings. The Morgan fingerprint density at radius 1 is 1.36 bits per heavy atom. The second kappa shape index (κ2) is 7.48. The number of thiophene rings is 1. The molecule has 1 amide bonds. The number of ether oxygens (including phenoxy) is 1. The smallest absolute Gasteiger partial charge is 0.274 e. The molecular formula is C18H18FN3O2S. The van der Waals surface area contributed by atoms with Gasteiger partial charge in [0.15, 0.2) is 5.69 Å². The lowest BCUT2D eigenvalue weighted by molar-refractivity contribution is 0.0780. The highest BCUT2D eigenvalue weighted by Gasteiger charge is 2.17. The molecule has 2 heterocycles. The maximum Gasteiger partial charge on any atom is 0.274 e. The maximum absolute atomic E-state index is 13.1. The fraction of sp³-hybridized carbons (Fsp3) is 0.222. The Morgan fingerprint density at radius 3 is 2.92 bits per heavy atom. The van der Waals surface area contributed by atoms with Gasteiger partial charge in [-0.25, -0.2) is 4.39 Å². The van der Waals surface area contributed by atoms with Crippen LogP contribution in [0.2, 0.25) is 0 Å². The van der Waals surface area contributed by atoms with Gasteiger partial charge in [-0.2, -0.15) is 5.10 Å². The first-order valence-electron chi connectivity index (χ1n) is 7.74. The first kappa shape index (κ1) is 17.2. The zero-order chi connectivity index (χ0) is 17.8. The first-order valence-corrected chi connectivity index (χ1v) is 8.62. The predicted molar refractivity (Wildman–Crippen MR) is 94.2 cm³/mol. The molecule has 7 heteroatoms. The lowest BCUT2D eigenvalue weighted by Gasteiger charge is -2.15. The molecule has 0 saturated carbocycles. The molecule has 0 saturated heterocycles. The largest absolute Gasteiger partial charge is 0.487 e. The Balaban J connectivity index is 1.60. The number of nitrogens with one attached hydrogen (secondary N) is 1. The Morgan fingerprint density at radius 2 is 2.20 bits per heavy atom. The summed E-state index contributed by atoms with van der Waals surface area (Å²) in [6, 6.07) is 9.59. The van der Waals surface area contributed by atoms with Crippen molar-refractivity contribution in [2.45, 2.75) is 20.1 Å². The van der Waals surface area contributed by atoms with Crippen LogP contribution >= 0.6 is 11.3 Å². The zero-order valence-electron chi connectivity index (χ0n) is 14.0. The second-order valence-corrected chi connectivity index (χ2v) is 6.71. The van der Waals surface area contributed by atoms with Gasteiger partial charge in [0, 0.05) is 18.0 Å². The van der Waals surface area contributed by atoms with Crippen LogP contribution in [0.25, 0.3) is 0 Å². The van der Waals surface area contributed by atoms with Gasteiger partial charge in [0.2, 0.25) is 0 Å². The monoisotopic (exact) mass is 359 g/mol. The highest BCUT2D eigenvalue weighted by atomic mass is 32.1. The molecule has 0 aliphatic heterocycles. The van der Waals surface area contributed by atoms with Crippen molar-refractivity contribution in [3.8, 4) is 5.75 Å². The highest BCUT2D eigenvalue weighted by molar-refractivity contribution is 7.10. The Hall–Kier alpha value is -2.67. The summed E-state index contributed by atoms with van der Waals surface area (Å²) in [4.78, 5) is 15.3. The van der Waals surface area contributed by atoms with Crippen molar-refractivity contribution >= 4 is 17.2 Å². The Kier molecular flexibility index (Phi) is 5.14. The molecule has 3 rings (SSSR count). The summed E-state index contributed by atoms with van der Waals surface area (Å²) in [7, 11) is 1.75. The molecule has 25 heavy (non-hydrogen) atoms. The molecule has 0 radical (unpaired) electrons. The Bertz CT molecular complexity index is 875. The summed E-state index contributed by atoms with van der Waals surface area (Å²) in [6.45, 7) is 2.75. The molecule has 0 bridgehead atoms. The lowest BCUT2D eigenvalue weighted by Crippen LogP contribution is -2.26. The minimum absolute atomic E-state index is 0.166. The molecule has 5 nitrogen and oxygen atoms in total. The van der Waals surface area contributed by atoms with Gasteiger partial charge in [0.05, 0.1) is 12.2 Å². The molecule has 1 aromatic carbocycles. The number of nitrogens with zero attached hydrogens (tertiary/aromatic N) is 2. The topological polar surface area (TPSA) is 58.2 Å². The number of aryl methyl sites for hydroxylation is 1. The van der Waals surface area contributed by atoms with Crippen LogP contribution in [0.15, 0.2) is 41.8 Å². The average molecular weight is 359 g/mol. The van der Waals surface area contributed by atoms with Crippen molar-refractivity contribution in [1.82, 2.24) is 15.1 Å². The van der Waals surface area contributed by atoms with Crippen molar-refractivity contribution in [2.24, 2.45) is 0 Å². The number of benzene rings is 1. The lowest BCUT2D eigenvalue weighted by atomic mass is 10.2. The van der Waals surface area contributed by atoms with E-state index in [4.69, 9.17) is 4.74 Å². The highest BCUT2D eigenvalue weighted by Crippen LogP contribution is 2.18. The van der Waals surface area contributed by atoms with Crippen molar-refractivity contribution in [2.75, 3.05) is 7.05 Å². The quantitative estimate of drug-likeness (QED) is 0.729. The van der Waals surface area contributed by atoms with Gasteiger partial charge in [0.25, 0.3) is 5.91 Å². The van der Waals surface area contributed by atoms with E-state index in [9.17, 15) is 9.18 Å². The summed E-state index contributed by atoms with van der Waals surface area (Å²) in [5.74, 6) is -0.0997. The predicted octanol–water partition coefficient (Wildman–Crippen LogP) is 3.77. The molecule has 0 aliphatic carbocycles. The van der Waals surface area contributed by atoms with E-state index < -0.39 is 0 Å². The number of H-pyrrole nitrogens is 1. The minimum atomic E-state index is -0.358. The van der Waals surface area contributed by atoms with Gasteiger partial charge in [-0.1, -0.05) is 6.07 Å². The number of rotatable bonds is 6. The van der Waals surface area contributed by atoms with Crippen LogP contribution in [0.4, 0.5) is 4.39 Å². The Labute approximate surface area is 149 Å². The van der Waals surface area contributed by atoms with E-state index in [1.165, 1.54) is 17.7 Å². The van der Waals surface area contributed by atoms with Crippen LogP contribution in [-0.4, -0.2) is 28.1 Å². The minimum Gasteiger partial charge on any atom is -0.487 e. The maximum atomic E-state index is 13.1. The van der Waals surface area contributed by atoms with Gasteiger partial charge in [0.1, 0.15) is 18.2 Å². The molecule has 130 valence electrons. The zero-order valence-corrected chi connectivity index (χ0v) is 14.8. The number of aromatic nitrogens is 2. The van der Waals surface area contributed by atoms with E-state index >= 15 is 0 Å². The van der Waals surface area contributed by atoms with E-state index in [2.05, 4.69) is 10.2 Å².